The molecule has 2 heterocycles. The van der Waals surface area contributed by atoms with Crippen molar-refractivity contribution >= 4 is 17.5 Å². The molecule has 0 unspecified atom stereocenters. The van der Waals surface area contributed by atoms with Crippen LogP contribution in [0, 0.1) is 5.82 Å². The summed E-state index contributed by atoms with van der Waals surface area (Å²) in [6, 6.07) is 1.33. The second kappa shape index (κ2) is 5.11. The number of amides is 1. The zero-order valence-corrected chi connectivity index (χ0v) is 11.8. The molecule has 1 aromatic heterocycles. The summed E-state index contributed by atoms with van der Waals surface area (Å²) in [5.41, 5.74) is 6.50. The van der Waals surface area contributed by atoms with Gasteiger partial charge in [0.2, 0.25) is 0 Å². The van der Waals surface area contributed by atoms with E-state index >= 15 is 0 Å². The van der Waals surface area contributed by atoms with E-state index in [0.29, 0.717) is 18.7 Å². The molecule has 0 aromatic carbocycles. The van der Waals surface area contributed by atoms with Crippen molar-refractivity contribution in [1.29, 1.82) is 0 Å². The van der Waals surface area contributed by atoms with Crippen LogP contribution in [0.1, 0.15) is 26.3 Å². The van der Waals surface area contributed by atoms with Crippen LogP contribution in [-0.4, -0.2) is 34.7 Å². The van der Waals surface area contributed by atoms with Crippen LogP contribution in [0.5, 0.6) is 0 Å². The molecule has 0 atom stereocenters. The van der Waals surface area contributed by atoms with Crippen molar-refractivity contribution in [3.8, 4) is 0 Å². The van der Waals surface area contributed by atoms with Crippen LogP contribution in [0.15, 0.2) is 18.3 Å². The Morgan fingerprint density at radius 2 is 2.20 bits per heavy atom. The Morgan fingerprint density at radius 1 is 1.50 bits per heavy atom. The molecule has 6 heteroatoms. The van der Waals surface area contributed by atoms with E-state index in [4.69, 9.17) is 10.5 Å². The molecular formula is C14H18FN3O2. The fourth-order valence-corrected chi connectivity index (χ4v) is 1.92. The summed E-state index contributed by atoms with van der Waals surface area (Å²) < 4.78 is 18.5. The van der Waals surface area contributed by atoms with Gasteiger partial charge in [-0.15, -0.1) is 0 Å². The van der Waals surface area contributed by atoms with Crippen LogP contribution in [0.3, 0.4) is 0 Å². The maximum Gasteiger partial charge on any atom is 0.410 e. The molecule has 0 spiro atoms. The van der Waals surface area contributed by atoms with E-state index in [0.717, 1.165) is 11.8 Å². The summed E-state index contributed by atoms with van der Waals surface area (Å²) in [7, 11) is 0. The quantitative estimate of drug-likeness (QED) is 0.857. The molecule has 2 rings (SSSR count). The Labute approximate surface area is 117 Å². The second-order valence-electron chi connectivity index (χ2n) is 5.68. The smallest absolute Gasteiger partial charge is 0.410 e. The van der Waals surface area contributed by atoms with Gasteiger partial charge in [-0.1, -0.05) is 6.08 Å². The molecule has 0 radical (unpaired) electrons. The van der Waals surface area contributed by atoms with E-state index in [2.05, 4.69) is 4.98 Å². The zero-order valence-electron chi connectivity index (χ0n) is 11.8. The molecule has 5 nitrogen and oxygen atoms in total. The van der Waals surface area contributed by atoms with Crippen LogP contribution in [-0.2, 0) is 4.74 Å². The molecule has 108 valence electrons. The van der Waals surface area contributed by atoms with Crippen molar-refractivity contribution in [2.75, 3.05) is 18.8 Å². The van der Waals surface area contributed by atoms with E-state index in [1.807, 2.05) is 26.8 Å². The summed E-state index contributed by atoms with van der Waals surface area (Å²) >= 11 is 0. The van der Waals surface area contributed by atoms with Crippen molar-refractivity contribution in [2.24, 2.45) is 0 Å². The highest BCUT2D eigenvalue weighted by atomic mass is 19.1. The third kappa shape index (κ3) is 3.26. The van der Waals surface area contributed by atoms with Gasteiger partial charge in [-0.25, -0.2) is 14.2 Å². The van der Waals surface area contributed by atoms with Crippen LogP contribution in [0.4, 0.5) is 15.0 Å². The van der Waals surface area contributed by atoms with Crippen molar-refractivity contribution in [2.45, 2.75) is 26.4 Å². The summed E-state index contributed by atoms with van der Waals surface area (Å²) in [4.78, 5) is 17.3. The number of halogens is 1. The Balaban J connectivity index is 2.09. The molecule has 0 saturated carbocycles. The lowest BCUT2D eigenvalue weighted by Gasteiger charge is -2.24. The number of carbonyl (C=O) groups excluding carboxylic acids is 1. The lowest BCUT2D eigenvalue weighted by molar-refractivity contribution is 0.0306. The molecule has 0 aliphatic carbocycles. The highest BCUT2D eigenvalue weighted by Crippen LogP contribution is 2.26. The lowest BCUT2D eigenvalue weighted by Crippen LogP contribution is -2.35. The SMILES string of the molecule is CC(C)(C)OC(=O)N1CC=C(c2cc(F)cnc2N)C1. The number of hydrogen-bond donors (Lipinski definition) is 1. The van der Waals surface area contributed by atoms with Gasteiger partial charge in [0.25, 0.3) is 0 Å². The lowest BCUT2D eigenvalue weighted by atomic mass is 10.1. The monoisotopic (exact) mass is 279 g/mol. The molecule has 0 fully saturated rings. The minimum Gasteiger partial charge on any atom is -0.444 e. The Hall–Kier alpha value is -2.11. The van der Waals surface area contributed by atoms with Crippen LogP contribution in [0.25, 0.3) is 5.57 Å². The summed E-state index contributed by atoms with van der Waals surface area (Å²) in [5.74, 6) is -0.200. The zero-order chi connectivity index (χ0) is 14.9. The third-order valence-corrected chi connectivity index (χ3v) is 2.80. The van der Waals surface area contributed by atoms with Gasteiger partial charge >= 0.3 is 6.09 Å². The maximum atomic E-state index is 13.2. The topological polar surface area (TPSA) is 68.5 Å². The first-order valence-corrected chi connectivity index (χ1v) is 6.34. The van der Waals surface area contributed by atoms with Gasteiger partial charge in [0.1, 0.15) is 17.2 Å². The molecule has 1 aliphatic rings. The van der Waals surface area contributed by atoms with Gasteiger partial charge in [-0.05, 0) is 32.4 Å². The molecular weight excluding hydrogens is 261 g/mol. The van der Waals surface area contributed by atoms with Crippen molar-refractivity contribution in [3.63, 3.8) is 0 Å². The number of pyridine rings is 1. The minimum absolute atomic E-state index is 0.253. The second-order valence-corrected chi connectivity index (χ2v) is 5.68. The Bertz CT molecular complexity index is 564. The summed E-state index contributed by atoms with van der Waals surface area (Å²) in [5, 5.41) is 0. The number of nitrogens with zero attached hydrogens (tertiary/aromatic N) is 2. The van der Waals surface area contributed by atoms with Crippen LogP contribution in [0.2, 0.25) is 0 Å². The van der Waals surface area contributed by atoms with E-state index in [1.165, 1.54) is 11.0 Å². The number of anilines is 1. The van der Waals surface area contributed by atoms with Gasteiger partial charge in [0.05, 0.1) is 6.20 Å². The number of nitrogen functional groups attached to an aromatic ring is 1. The van der Waals surface area contributed by atoms with Crippen molar-refractivity contribution in [1.82, 2.24) is 9.88 Å². The number of hydrogen-bond acceptors (Lipinski definition) is 4. The third-order valence-electron chi connectivity index (χ3n) is 2.80. The van der Waals surface area contributed by atoms with E-state index in [9.17, 15) is 9.18 Å². The highest BCUT2D eigenvalue weighted by Gasteiger charge is 2.26. The van der Waals surface area contributed by atoms with Gasteiger partial charge in [-0.2, -0.15) is 0 Å². The van der Waals surface area contributed by atoms with Gasteiger partial charge in [-0.3, -0.25) is 0 Å². The number of nitrogens with two attached hydrogens (primary N) is 1. The Morgan fingerprint density at radius 3 is 2.85 bits per heavy atom. The van der Waals surface area contributed by atoms with E-state index < -0.39 is 17.5 Å². The van der Waals surface area contributed by atoms with E-state index in [1.54, 1.807) is 0 Å². The molecule has 1 aliphatic heterocycles. The summed E-state index contributed by atoms with van der Waals surface area (Å²) in [6.07, 6.45) is 2.50. The van der Waals surface area contributed by atoms with Gasteiger partial charge < -0.3 is 15.4 Å². The molecule has 20 heavy (non-hydrogen) atoms. The highest BCUT2D eigenvalue weighted by molar-refractivity contribution is 5.80. The van der Waals surface area contributed by atoms with Gasteiger partial charge in [0.15, 0.2) is 0 Å². The number of ether oxygens (including phenoxy) is 1. The first-order valence-electron chi connectivity index (χ1n) is 6.34. The van der Waals surface area contributed by atoms with Crippen LogP contribution < -0.4 is 5.73 Å². The van der Waals surface area contributed by atoms with Crippen molar-refractivity contribution in [3.05, 3.63) is 29.7 Å². The minimum atomic E-state index is -0.542. The first kappa shape index (κ1) is 14.3. The molecule has 1 aromatic rings. The van der Waals surface area contributed by atoms with Gasteiger partial charge in [0, 0.05) is 18.7 Å². The molecule has 1 amide bonds. The maximum absolute atomic E-state index is 13.2. The number of aromatic nitrogens is 1. The predicted octanol–water partition coefficient (Wildman–Crippen LogP) is 2.44. The molecule has 2 N–H and O–H groups in total. The van der Waals surface area contributed by atoms with E-state index in [-0.39, 0.29) is 5.82 Å². The van der Waals surface area contributed by atoms with Crippen molar-refractivity contribution < 1.29 is 13.9 Å². The standard InChI is InChI=1S/C14H18FN3O2/c1-14(2,3)20-13(19)18-5-4-9(8-18)11-6-10(15)7-17-12(11)16/h4,6-7H,5,8H2,1-3H3,(H2,16,17). The Kier molecular flexibility index (Phi) is 3.65. The fraction of sp³-hybridized carbons (Fsp3) is 0.429. The predicted molar refractivity (Wildman–Crippen MR) is 74.4 cm³/mol. The largest absolute Gasteiger partial charge is 0.444 e. The normalized spacial score (nSPS) is 15.2. The number of carbonyl (C=O) groups is 1. The number of rotatable bonds is 1. The first-order chi connectivity index (χ1) is 9.26. The fourth-order valence-electron chi connectivity index (χ4n) is 1.92. The average Bonchev–Trinajstić information content (AvgIpc) is 2.79. The molecule has 0 bridgehead atoms. The summed E-state index contributed by atoms with van der Waals surface area (Å²) in [6.45, 7) is 6.18. The molecule has 0 saturated heterocycles. The average molecular weight is 279 g/mol. The van der Waals surface area contributed by atoms with Crippen LogP contribution >= 0.6 is 0 Å².